The topological polar surface area (TPSA) is 0 Å². The van der Waals surface area contributed by atoms with Crippen LogP contribution in [0.1, 0.15) is 17.5 Å². The number of benzene rings is 1. The van der Waals surface area contributed by atoms with E-state index in [2.05, 4.69) is 65.5 Å². The molecule has 0 saturated heterocycles. The van der Waals surface area contributed by atoms with E-state index < -0.39 is 0 Å². The summed E-state index contributed by atoms with van der Waals surface area (Å²) in [6.07, 6.45) is 9.12. The number of hydrogen-bond donors (Lipinski definition) is 0. The average Bonchev–Trinajstić information content (AvgIpc) is 2.34. The molecule has 2 rings (SSSR count). The molecule has 0 fully saturated rings. The Bertz CT molecular complexity index is 506. The summed E-state index contributed by atoms with van der Waals surface area (Å²) in [6, 6.07) is 8.44. The standard InChI is InChI=1S/C16H15Br/c1-3-7-12-11-16(17)15-10-6-5-9-14(15)13(12)8-4-2/h3-6,8-12H,1-2,7H2/b13-8-. The fourth-order valence-electron chi connectivity index (χ4n) is 2.21. The van der Waals surface area contributed by atoms with Crippen molar-refractivity contribution in [3.8, 4) is 0 Å². The Morgan fingerprint density at radius 3 is 2.53 bits per heavy atom. The van der Waals surface area contributed by atoms with Crippen LogP contribution in [0, 0.1) is 5.92 Å². The Kier molecular flexibility index (Phi) is 3.80. The number of rotatable bonds is 3. The summed E-state index contributed by atoms with van der Waals surface area (Å²) in [7, 11) is 0. The fraction of sp³-hybridized carbons (Fsp3) is 0.125. The summed E-state index contributed by atoms with van der Waals surface area (Å²) in [4.78, 5) is 0. The van der Waals surface area contributed by atoms with E-state index in [1.807, 2.05) is 12.2 Å². The van der Waals surface area contributed by atoms with Crippen LogP contribution in [0.25, 0.3) is 10.1 Å². The lowest BCUT2D eigenvalue weighted by atomic mass is 9.82. The van der Waals surface area contributed by atoms with Gasteiger partial charge in [-0.25, -0.2) is 0 Å². The summed E-state index contributed by atoms with van der Waals surface area (Å²) in [5, 5.41) is 0. The maximum Gasteiger partial charge on any atom is 0.0220 e. The summed E-state index contributed by atoms with van der Waals surface area (Å²) in [6.45, 7) is 7.64. The van der Waals surface area contributed by atoms with Gasteiger partial charge in [0.2, 0.25) is 0 Å². The van der Waals surface area contributed by atoms with Gasteiger partial charge in [0.25, 0.3) is 0 Å². The molecule has 0 aromatic heterocycles. The van der Waals surface area contributed by atoms with Gasteiger partial charge in [0.15, 0.2) is 0 Å². The smallest absolute Gasteiger partial charge is 0.0220 e. The van der Waals surface area contributed by atoms with E-state index in [1.165, 1.54) is 21.2 Å². The molecule has 86 valence electrons. The van der Waals surface area contributed by atoms with E-state index in [0.717, 1.165) is 6.42 Å². The fourth-order valence-corrected chi connectivity index (χ4v) is 2.88. The van der Waals surface area contributed by atoms with Crippen LogP contribution in [-0.2, 0) is 0 Å². The zero-order valence-corrected chi connectivity index (χ0v) is 11.3. The van der Waals surface area contributed by atoms with Crippen molar-refractivity contribution in [1.82, 2.24) is 0 Å². The first-order chi connectivity index (χ1) is 8.27. The quantitative estimate of drug-likeness (QED) is 0.670. The molecular weight excluding hydrogens is 272 g/mol. The first-order valence-corrected chi connectivity index (χ1v) is 6.48. The molecular formula is C16H15Br. The number of halogens is 1. The van der Waals surface area contributed by atoms with Gasteiger partial charge in [-0.15, -0.1) is 6.58 Å². The molecule has 0 nitrogen and oxygen atoms in total. The van der Waals surface area contributed by atoms with Gasteiger partial charge in [0.05, 0.1) is 0 Å². The van der Waals surface area contributed by atoms with Crippen LogP contribution in [0.15, 0.2) is 61.7 Å². The molecule has 0 bridgehead atoms. The second-order valence-corrected chi connectivity index (χ2v) is 4.90. The predicted octanol–water partition coefficient (Wildman–Crippen LogP) is 5.20. The number of fused-ring (bicyclic) bond motifs is 1. The molecule has 0 spiro atoms. The van der Waals surface area contributed by atoms with Crippen LogP contribution < -0.4 is 0 Å². The molecule has 1 unspecified atom stereocenters. The second-order valence-electron chi connectivity index (χ2n) is 4.05. The largest absolute Gasteiger partial charge is 0.103 e. The Morgan fingerprint density at radius 2 is 1.88 bits per heavy atom. The molecule has 1 aromatic rings. The van der Waals surface area contributed by atoms with Crippen LogP contribution in [-0.4, -0.2) is 0 Å². The maximum absolute atomic E-state index is 3.83. The first-order valence-electron chi connectivity index (χ1n) is 5.68. The van der Waals surface area contributed by atoms with Crippen LogP contribution in [0.3, 0.4) is 0 Å². The monoisotopic (exact) mass is 286 g/mol. The Balaban J connectivity index is 2.58. The highest BCUT2D eigenvalue weighted by Gasteiger charge is 2.21. The lowest BCUT2D eigenvalue weighted by molar-refractivity contribution is 0.852. The molecule has 0 amide bonds. The maximum atomic E-state index is 3.83. The van der Waals surface area contributed by atoms with E-state index in [-0.39, 0.29) is 0 Å². The van der Waals surface area contributed by atoms with Crippen molar-refractivity contribution in [3.05, 3.63) is 72.9 Å². The summed E-state index contributed by atoms with van der Waals surface area (Å²) in [5.74, 6) is 0.384. The van der Waals surface area contributed by atoms with Crippen molar-refractivity contribution >= 4 is 26.0 Å². The molecule has 0 saturated carbocycles. The van der Waals surface area contributed by atoms with Crippen LogP contribution in [0.2, 0.25) is 0 Å². The summed E-state index contributed by atoms with van der Waals surface area (Å²) in [5.41, 5.74) is 3.85. The third-order valence-electron chi connectivity index (χ3n) is 2.96. The Morgan fingerprint density at radius 1 is 1.18 bits per heavy atom. The van der Waals surface area contributed by atoms with Gasteiger partial charge in [-0.05, 0) is 23.1 Å². The minimum absolute atomic E-state index is 0.384. The van der Waals surface area contributed by atoms with Crippen molar-refractivity contribution in [2.75, 3.05) is 0 Å². The van der Waals surface area contributed by atoms with Crippen LogP contribution >= 0.6 is 15.9 Å². The van der Waals surface area contributed by atoms with Gasteiger partial charge in [-0.1, -0.05) is 71.1 Å². The van der Waals surface area contributed by atoms with Crippen molar-refractivity contribution < 1.29 is 0 Å². The highest BCUT2D eigenvalue weighted by molar-refractivity contribution is 9.15. The van der Waals surface area contributed by atoms with Crippen molar-refractivity contribution in [2.24, 2.45) is 5.92 Å². The first kappa shape index (κ1) is 12.1. The number of allylic oxidation sites excluding steroid dienone is 5. The molecule has 1 aliphatic rings. The van der Waals surface area contributed by atoms with Crippen molar-refractivity contribution in [2.45, 2.75) is 6.42 Å². The SMILES string of the molecule is C=C/C=C1\c2ccccc2C(Br)=CC1CC=C. The molecule has 1 aliphatic carbocycles. The van der Waals surface area contributed by atoms with Gasteiger partial charge >= 0.3 is 0 Å². The van der Waals surface area contributed by atoms with Gasteiger partial charge < -0.3 is 0 Å². The highest BCUT2D eigenvalue weighted by Crippen LogP contribution is 2.41. The van der Waals surface area contributed by atoms with Crippen molar-refractivity contribution in [3.63, 3.8) is 0 Å². The van der Waals surface area contributed by atoms with Crippen LogP contribution in [0.4, 0.5) is 0 Å². The molecule has 0 N–H and O–H groups in total. The third-order valence-corrected chi connectivity index (χ3v) is 3.65. The zero-order valence-electron chi connectivity index (χ0n) is 9.70. The normalized spacial score (nSPS) is 20.6. The predicted molar refractivity (Wildman–Crippen MR) is 79.8 cm³/mol. The van der Waals surface area contributed by atoms with E-state index in [9.17, 15) is 0 Å². The van der Waals surface area contributed by atoms with E-state index in [1.54, 1.807) is 0 Å². The third kappa shape index (κ3) is 2.34. The molecule has 0 heterocycles. The molecule has 1 heteroatoms. The minimum atomic E-state index is 0.384. The van der Waals surface area contributed by atoms with E-state index in [4.69, 9.17) is 0 Å². The van der Waals surface area contributed by atoms with Gasteiger partial charge in [-0.2, -0.15) is 0 Å². The minimum Gasteiger partial charge on any atom is -0.103 e. The molecule has 0 aliphatic heterocycles. The van der Waals surface area contributed by atoms with Crippen molar-refractivity contribution in [1.29, 1.82) is 0 Å². The van der Waals surface area contributed by atoms with Gasteiger partial charge in [0, 0.05) is 10.4 Å². The highest BCUT2D eigenvalue weighted by atomic mass is 79.9. The van der Waals surface area contributed by atoms with Gasteiger partial charge in [0.1, 0.15) is 0 Å². The van der Waals surface area contributed by atoms with E-state index in [0.29, 0.717) is 5.92 Å². The summed E-state index contributed by atoms with van der Waals surface area (Å²) >= 11 is 3.65. The van der Waals surface area contributed by atoms with Gasteiger partial charge in [-0.3, -0.25) is 0 Å². The molecule has 0 radical (unpaired) electrons. The lowest BCUT2D eigenvalue weighted by Gasteiger charge is -2.24. The second kappa shape index (κ2) is 5.33. The van der Waals surface area contributed by atoms with E-state index >= 15 is 0 Å². The average molecular weight is 287 g/mol. The van der Waals surface area contributed by atoms with Crippen LogP contribution in [0.5, 0.6) is 0 Å². The molecule has 1 aromatic carbocycles. The number of hydrogen-bond acceptors (Lipinski definition) is 0. The molecule has 1 atom stereocenters. The Labute approximate surface area is 111 Å². The zero-order chi connectivity index (χ0) is 12.3. The molecule has 17 heavy (non-hydrogen) atoms. The lowest BCUT2D eigenvalue weighted by Crippen LogP contribution is -2.07. The Hall–Kier alpha value is -1.34. The summed E-state index contributed by atoms with van der Waals surface area (Å²) < 4.78 is 1.17.